The van der Waals surface area contributed by atoms with E-state index in [4.69, 9.17) is 15.5 Å². The zero-order valence-electron chi connectivity index (χ0n) is 20.4. The van der Waals surface area contributed by atoms with Crippen LogP contribution in [0.3, 0.4) is 0 Å². The lowest BCUT2D eigenvalue weighted by atomic mass is 10.0. The fourth-order valence-corrected chi connectivity index (χ4v) is 4.94. The molecule has 5 rings (SSSR count). The molecule has 4 aromatic rings. The zero-order chi connectivity index (χ0) is 25.2. The van der Waals surface area contributed by atoms with Crippen molar-refractivity contribution in [1.29, 1.82) is 0 Å². The summed E-state index contributed by atoms with van der Waals surface area (Å²) >= 11 is 0. The Morgan fingerprint density at radius 1 is 1.25 bits per heavy atom. The summed E-state index contributed by atoms with van der Waals surface area (Å²) in [6.07, 6.45) is 5.92. The summed E-state index contributed by atoms with van der Waals surface area (Å²) in [7, 11) is 3.35. The molecular weight excluding hydrogens is 458 g/mol. The van der Waals surface area contributed by atoms with Crippen LogP contribution in [0.1, 0.15) is 12.8 Å². The smallest absolute Gasteiger partial charge is 0.295 e. The van der Waals surface area contributed by atoms with Gasteiger partial charge in [0.05, 0.1) is 29.0 Å². The number of nitrogens with one attached hydrogen (secondary N) is 1. The maximum atomic E-state index is 12.1. The molecule has 0 spiro atoms. The predicted octanol–water partition coefficient (Wildman–Crippen LogP) is 4.32. The first-order valence-electron chi connectivity index (χ1n) is 12.0. The average molecular weight is 488 g/mol. The number of nitro groups is 1. The molecule has 0 bridgehead atoms. The van der Waals surface area contributed by atoms with E-state index < -0.39 is 4.92 Å². The van der Waals surface area contributed by atoms with Crippen LogP contribution in [0.25, 0.3) is 33.5 Å². The van der Waals surface area contributed by atoms with Gasteiger partial charge >= 0.3 is 0 Å². The highest BCUT2D eigenvalue weighted by atomic mass is 16.6. The topological polar surface area (TPSA) is 126 Å². The third-order valence-electron chi connectivity index (χ3n) is 6.74. The Morgan fingerprint density at radius 2 is 2.03 bits per heavy atom. The molecule has 1 saturated heterocycles. The van der Waals surface area contributed by atoms with Crippen LogP contribution in [-0.2, 0) is 0 Å². The Kier molecular flexibility index (Phi) is 6.43. The number of nitrogens with two attached hydrogens (primary N) is 1. The summed E-state index contributed by atoms with van der Waals surface area (Å²) in [4.78, 5) is 28.6. The van der Waals surface area contributed by atoms with Crippen molar-refractivity contribution in [3.8, 4) is 28.4 Å². The molecule has 2 aromatic heterocycles. The Bertz CT molecular complexity index is 1410. The van der Waals surface area contributed by atoms with E-state index in [1.54, 1.807) is 6.20 Å². The number of likely N-dealkylation sites (tertiary alicyclic amines) is 1. The van der Waals surface area contributed by atoms with Crippen molar-refractivity contribution < 1.29 is 9.66 Å². The summed E-state index contributed by atoms with van der Waals surface area (Å²) in [5.41, 5.74) is 9.70. The highest BCUT2D eigenvalue weighted by Gasteiger charge is 2.30. The maximum Gasteiger partial charge on any atom is 0.295 e. The largest absolute Gasteiger partial charge is 0.494 e. The Labute approximate surface area is 208 Å². The number of hydrogen-bond acceptors (Lipinski definition) is 8. The third kappa shape index (κ3) is 4.31. The van der Waals surface area contributed by atoms with Crippen molar-refractivity contribution in [3.63, 3.8) is 0 Å². The van der Waals surface area contributed by atoms with E-state index in [0.29, 0.717) is 35.1 Å². The maximum absolute atomic E-state index is 12.1. The summed E-state index contributed by atoms with van der Waals surface area (Å²) in [6, 6.07) is 11.1. The number of ether oxygens (including phenoxy) is 1. The second-order valence-corrected chi connectivity index (χ2v) is 8.98. The number of hydrogen-bond donors (Lipinski definition) is 2. The first-order valence-corrected chi connectivity index (χ1v) is 12.0. The normalized spacial score (nSPS) is 13.8. The van der Waals surface area contributed by atoms with Crippen LogP contribution in [0.2, 0.25) is 0 Å². The van der Waals surface area contributed by atoms with Crippen molar-refractivity contribution in [2.75, 3.05) is 51.0 Å². The molecule has 1 aliphatic rings. The molecule has 2 aromatic carbocycles. The van der Waals surface area contributed by atoms with E-state index in [1.165, 1.54) is 26.0 Å². The molecule has 36 heavy (non-hydrogen) atoms. The standard InChI is InChI=1S/C26H29N7O3/c1-31(13-14-32-11-5-6-12-32)24-22(33(34)35)15-19(27)25(36-2)23(24)26-28-10-9-21(30-26)18-16-29-20-8-4-3-7-17(18)20/h3-4,7-10,15-16,29H,5-6,11-14,27H2,1-2H3. The van der Waals surface area contributed by atoms with Gasteiger partial charge in [0.25, 0.3) is 5.69 Å². The van der Waals surface area contributed by atoms with Gasteiger partial charge in [-0.15, -0.1) is 0 Å². The van der Waals surface area contributed by atoms with Crippen LogP contribution in [0.5, 0.6) is 5.75 Å². The molecule has 186 valence electrons. The van der Waals surface area contributed by atoms with Crippen LogP contribution in [0.4, 0.5) is 17.1 Å². The molecule has 0 atom stereocenters. The van der Waals surface area contributed by atoms with Gasteiger partial charge in [-0.05, 0) is 38.1 Å². The number of rotatable bonds is 8. The molecule has 1 fully saturated rings. The lowest BCUT2D eigenvalue weighted by molar-refractivity contribution is -0.384. The minimum Gasteiger partial charge on any atom is -0.494 e. The SMILES string of the molecule is COc1c(N)cc([N+](=O)[O-])c(N(C)CCN2CCCC2)c1-c1nccc(-c2c[nH]c3ccccc23)n1. The molecule has 0 aliphatic carbocycles. The van der Waals surface area contributed by atoms with Crippen molar-refractivity contribution in [1.82, 2.24) is 19.9 Å². The lowest BCUT2D eigenvalue weighted by Gasteiger charge is -2.26. The highest BCUT2D eigenvalue weighted by Crippen LogP contribution is 2.47. The van der Waals surface area contributed by atoms with E-state index >= 15 is 0 Å². The summed E-state index contributed by atoms with van der Waals surface area (Å²) in [5.74, 6) is 0.632. The van der Waals surface area contributed by atoms with Crippen molar-refractivity contribution in [3.05, 3.63) is 58.9 Å². The Hall–Kier alpha value is -4.18. The zero-order valence-corrected chi connectivity index (χ0v) is 20.4. The van der Waals surface area contributed by atoms with E-state index in [1.807, 2.05) is 48.5 Å². The summed E-state index contributed by atoms with van der Waals surface area (Å²) in [5, 5.41) is 13.2. The van der Waals surface area contributed by atoms with E-state index in [9.17, 15) is 10.1 Å². The monoisotopic (exact) mass is 487 g/mol. The minimum absolute atomic E-state index is 0.103. The summed E-state index contributed by atoms with van der Waals surface area (Å²) in [6.45, 7) is 3.49. The molecule has 3 heterocycles. The molecule has 10 heteroatoms. The van der Waals surface area contributed by atoms with E-state index in [0.717, 1.165) is 36.1 Å². The molecule has 0 amide bonds. The first-order chi connectivity index (χ1) is 17.5. The number of aromatic amines is 1. The van der Waals surface area contributed by atoms with Crippen LogP contribution < -0.4 is 15.4 Å². The number of nitro benzene ring substituents is 1. The molecule has 0 saturated carbocycles. The van der Waals surface area contributed by atoms with Gasteiger partial charge in [-0.3, -0.25) is 10.1 Å². The Balaban J connectivity index is 1.65. The fourth-order valence-electron chi connectivity index (χ4n) is 4.94. The second-order valence-electron chi connectivity index (χ2n) is 8.98. The number of likely N-dealkylation sites (N-methyl/N-ethyl adjacent to an activating group) is 1. The minimum atomic E-state index is -0.412. The van der Waals surface area contributed by atoms with Crippen LogP contribution >= 0.6 is 0 Å². The fraction of sp³-hybridized carbons (Fsp3) is 0.308. The number of nitrogens with zero attached hydrogens (tertiary/aromatic N) is 5. The molecule has 0 radical (unpaired) electrons. The van der Waals surface area contributed by atoms with Crippen molar-refractivity contribution in [2.24, 2.45) is 0 Å². The van der Waals surface area contributed by atoms with Gasteiger partial charge < -0.3 is 25.3 Å². The van der Waals surface area contributed by atoms with E-state index in [-0.39, 0.29) is 11.4 Å². The number of methoxy groups -OCH3 is 1. The molecule has 1 aliphatic heterocycles. The van der Waals surface area contributed by atoms with Gasteiger partial charge in [-0.2, -0.15) is 0 Å². The quantitative estimate of drug-likeness (QED) is 0.214. The van der Waals surface area contributed by atoms with E-state index in [2.05, 4.69) is 14.9 Å². The number of aromatic nitrogens is 3. The average Bonchev–Trinajstić information content (AvgIpc) is 3.56. The third-order valence-corrected chi connectivity index (χ3v) is 6.74. The predicted molar refractivity (Wildman–Crippen MR) is 141 cm³/mol. The van der Waals surface area contributed by atoms with Gasteiger partial charge in [0.15, 0.2) is 11.6 Å². The molecule has 10 nitrogen and oxygen atoms in total. The summed E-state index contributed by atoms with van der Waals surface area (Å²) < 4.78 is 5.66. The van der Waals surface area contributed by atoms with Crippen molar-refractivity contribution in [2.45, 2.75) is 12.8 Å². The first kappa shape index (κ1) is 23.6. The second kappa shape index (κ2) is 9.82. The number of fused-ring (bicyclic) bond motifs is 1. The van der Waals surface area contributed by atoms with Gasteiger partial charge in [-0.25, -0.2) is 9.97 Å². The van der Waals surface area contributed by atoms with Crippen LogP contribution in [-0.4, -0.2) is 65.1 Å². The lowest BCUT2D eigenvalue weighted by Crippen LogP contribution is -2.32. The van der Waals surface area contributed by atoms with Gasteiger partial charge in [0, 0.05) is 55.1 Å². The number of para-hydroxylation sites is 1. The number of H-pyrrole nitrogens is 1. The van der Waals surface area contributed by atoms with Crippen molar-refractivity contribution >= 4 is 28.0 Å². The molecule has 3 N–H and O–H groups in total. The number of anilines is 2. The van der Waals surface area contributed by atoms with Gasteiger partial charge in [-0.1, -0.05) is 18.2 Å². The molecular formula is C26H29N7O3. The van der Waals surface area contributed by atoms with Crippen LogP contribution in [0, 0.1) is 10.1 Å². The Morgan fingerprint density at radius 3 is 2.78 bits per heavy atom. The number of nitrogen functional groups attached to an aromatic ring is 1. The van der Waals surface area contributed by atoms with Gasteiger partial charge in [0.2, 0.25) is 0 Å². The van der Waals surface area contributed by atoms with Crippen LogP contribution in [0.15, 0.2) is 48.8 Å². The number of benzene rings is 2. The van der Waals surface area contributed by atoms with Gasteiger partial charge in [0.1, 0.15) is 5.69 Å². The highest BCUT2D eigenvalue weighted by molar-refractivity contribution is 5.96. The molecule has 0 unspecified atom stereocenters.